The van der Waals surface area contributed by atoms with Crippen molar-refractivity contribution in [3.63, 3.8) is 0 Å². The smallest absolute Gasteiger partial charge is 0.0568 e. The Balaban J connectivity index is 2.06. The van der Waals surface area contributed by atoms with Gasteiger partial charge in [0.25, 0.3) is 0 Å². The van der Waals surface area contributed by atoms with Gasteiger partial charge in [-0.25, -0.2) is 0 Å². The van der Waals surface area contributed by atoms with Gasteiger partial charge in [0.2, 0.25) is 0 Å². The largest absolute Gasteiger partial charge is 0.393 e. The highest BCUT2D eigenvalue weighted by Crippen LogP contribution is 2.35. The lowest BCUT2D eigenvalue weighted by Crippen LogP contribution is -2.29. The SMILES string of the molecule is CCCCCCCCCC1CC(CCC)CCC1O. The fraction of sp³-hybridized carbons (Fsp3) is 1.00. The van der Waals surface area contributed by atoms with Crippen LogP contribution >= 0.6 is 0 Å². The Hall–Kier alpha value is -0.0400. The molecule has 1 heteroatoms. The molecule has 1 aliphatic rings. The van der Waals surface area contributed by atoms with Crippen LogP contribution in [0.2, 0.25) is 0 Å². The molecule has 0 aromatic rings. The molecule has 0 radical (unpaired) electrons. The van der Waals surface area contributed by atoms with Crippen LogP contribution in [0.1, 0.15) is 97.3 Å². The molecule has 1 rings (SSSR count). The van der Waals surface area contributed by atoms with Crippen molar-refractivity contribution in [1.82, 2.24) is 0 Å². The highest BCUT2D eigenvalue weighted by atomic mass is 16.3. The molecule has 1 N–H and O–H groups in total. The van der Waals surface area contributed by atoms with Crippen LogP contribution < -0.4 is 0 Å². The van der Waals surface area contributed by atoms with Crippen molar-refractivity contribution in [1.29, 1.82) is 0 Å². The number of aliphatic hydroxyl groups excluding tert-OH is 1. The first-order valence-electron chi connectivity index (χ1n) is 8.96. The van der Waals surface area contributed by atoms with Crippen molar-refractivity contribution in [2.75, 3.05) is 0 Å². The van der Waals surface area contributed by atoms with Gasteiger partial charge in [-0.15, -0.1) is 0 Å². The van der Waals surface area contributed by atoms with Crippen LogP contribution in [-0.4, -0.2) is 11.2 Å². The maximum Gasteiger partial charge on any atom is 0.0568 e. The minimum absolute atomic E-state index is 0.00759. The standard InChI is InChI=1S/C18H36O/c1-3-5-6-7-8-9-10-12-17-15-16(11-4-2)13-14-18(17)19/h16-19H,3-15H2,1-2H3. The van der Waals surface area contributed by atoms with Gasteiger partial charge in [0.15, 0.2) is 0 Å². The molecule has 0 amide bonds. The molecule has 1 aliphatic carbocycles. The first kappa shape index (κ1) is 17.0. The van der Waals surface area contributed by atoms with Crippen molar-refractivity contribution >= 4 is 0 Å². The lowest BCUT2D eigenvalue weighted by molar-refractivity contribution is 0.0405. The summed E-state index contributed by atoms with van der Waals surface area (Å²) in [6, 6.07) is 0. The fourth-order valence-electron chi connectivity index (χ4n) is 3.69. The zero-order chi connectivity index (χ0) is 13.9. The highest BCUT2D eigenvalue weighted by molar-refractivity contribution is 4.79. The van der Waals surface area contributed by atoms with E-state index in [4.69, 9.17) is 0 Å². The van der Waals surface area contributed by atoms with E-state index in [9.17, 15) is 5.11 Å². The Morgan fingerprint density at radius 1 is 0.789 bits per heavy atom. The van der Waals surface area contributed by atoms with Gasteiger partial charge < -0.3 is 5.11 Å². The zero-order valence-corrected chi connectivity index (χ0v) is 13.4. The molecule has 1 fully saturated rings. The van der Waals surface area contributed by atoms with E-state index in [1.54, 1.807) is 0 Å². The van der Waals surface area contributed by atoms with Crippen LogP contribution in [0.3, 0.4) is 0 Å². The van der Waals surface area contributed by atoms with E-state index in [0.717, 1.165) is 12.3 Å². The fourth-order valence-corrected chi connectivity index (χ4v) is 3.69. The number of rotatable bonds is 10. The van der Waals surface area contributed by atoms with E-state index in [1.807, 2.05) is 0 Å². The average Bonchev–Trinajstić information content (AvgIpc) is 2.41. The molecule has 3 unspecified atom stereocenters. The number of aliphatic hydroxyl groups is 1. The highest BCUT2D eigenvalue weighted by Gasteiger charge is 2.27. The summed E-state index contributed by atoms with van der Waals surface area (Å²) in [7, 11) is 0. The Labute approximate surface area is 121 Å². The van der Waals surface area contributed by atoms with Gasteiger partial charge in [-0.3, -0.25) is 0 Å². The monoisotopic (exact) mass is 268 g/mol. The summed E-state index contributed by atoms with van der Waals surface area (Å²) < 4.78 is 0. The molecule has 3 atom stereocenters. The second kappa shape index (κ2) is 10.7. The molecule has 1 nitrogen and oxygen atoms in total. The second-order valence-corrected chi connectivity index (χ2v) is 6.71. The molecule has 0 aromatic heterocycles. The van der Waals surface area contributed by atoms with Gasteiger partial charge in [-0.2, -0.15) is 0 Å². The van der Waals surface area contributed by atoms with Gasteiger partial charge in [0, 0.05) is 0 Å². The third kappa shape index (κ3) is 7.34. The molecular weight excluding hydrogens is 232 g/mol. The van der Waals surface area contributed by atoms with Gasteiger partial charge in [0.1, 0.15) is 0 Å². The molecular formula is C18H36O. The van der Waals surface area contributed by atoms with Gasteiger partial charge in [-0.1, -0.05) is 71.6 Å². The summed E-state index contributed by atoms with van der Waals surface area (Å²) in [5, 5.41) is 10.1. The summed E-state index contributed by atoms with van der Waals surface area (Å²) in [5.74, 6) is 1.52. The molecule has 0 heterocycles. The van der Waals surface area contributed by atoms with Crippen molar-refractivity contribution in [3.05, 3.63) is 0 Å². The molecule has 0 aliphatic heterocycles. The van der Waals surface area contributed by atoms with Gasteiger partial charge >= 0.3 is 0 Å². The minimum Gasteiger partial charge on any atom is -0.393 e. The lowest BCUT2D eigenvalue weighted by Gasteiger charge is -2.33. The van der Waals surface area contributed by atoms with E-state index < -0.39 is 0 Å². The van der Waals surface area contributed by atoms with Crippen molar-refractivity contribution in [3.8, 4) is 0 Å². The summed E-state index contributed by atoms with van der Waals surface area (Å²) in [5.41, 5.74) is 0. The Morgan fingerprint density at radius 2 is 1.47 bits per heavy atom. The van der Waals surface area contributed by atoms with Crippen LogP contribution in [0, 0.1) is 11.8 Å². The average molecular weight is 268 g/mol. The predicted molar refractivity (Wildman–Crippen MR) is 84.4 cm³/mol. The molecule has 0 bridgehead atoms. The van der Waals surface area contributed by atoms with Crippen LogP contribution in [-0.2, 0) is 0 Å². The first-order chi connectivity index (χ1) is 9.27. The van der Waals surface area contributed by atoms with E-state index in [0.29, 0.717) is 5.92 Å². The van der Waals surface area contributed by atoms with Crippen LogP contribution in [0.4, 0.5) is 0 Å². The second-order valence-electron chi connectivity index (χ2n) is 6.71. The first-order valence-corrected chi connectivity index (χ1v) is 8.96. The maximum absolute atomic E-state index is 10.1. The minimum atomic E-state index is 0.00759. The van der Waals surface area contributed by atoms with Crippen LogP contribution in [0.25, 0.3) is 0 Å². The topological polar surface area (TPSA) is 20.2 Å². The lowest BCUT2D eigenvalue weighted by atomic mass is 9.75. The number of unbranched alkanes of at least 4 members (excludes halogenated alkanes) is 6. The number of hydrogen-bond acceptors (Lipinski definition) is 1. The zero-order valence-electron chi connectivity index (χ0n) is 13.4. The van der Waals surface area contributed by atoms with Gasteiger partial charge in [0.05, 0.1) is 6.10 Å². The summed E-state index contributed by atoms with van der Waals surface area (Å²) >= 11 is 0. The summed E-state index contributed by atoms with van der Waals surface area (Å²) in [6.45, 7) is 4.56. The molecule has 0 spiro atoms. The quantitative estimate of drug-likeness (QED) is 0.503. The summed E-state index contributed by atoms with van der Waals surface area (Å²) in [6.07, 6.45) is 17.3. The Bertz CT molecular complexity index is 202. The third-order valence-corrected chi connectivity index (χ3v) is 4.93. The van der Waals surface area contributed by atoms with E-state index >= 15 is 0 Å². The van der Waals surface area contributed by atoms with Crippen molar-refractivity contribution in [2.45, 2.75) is 103 Å². The molecule has 0 aromatic carbocycles. The van der Waals surface area contributed by atoms with E-state index in [-0.39, 0.29) is 6.10 Å². The number of hydrogen-bond donors (Lipinski definition) is 1. The Kier molecular flexibility index (Phi) is 9.59. The van der Waals surface area contributed by atoms with Crippen LogP contribution in [0.15, 0.2) is 0 Å². The molecule has 1 saturated carbocycles. The van der Waals surface area contributed by atoms with Gasteiger partial charge in [-0.05, 0) is 37.5 Å². The normalized spacial score (nSPS) is 27.6. The summed E-state index contributed by atoms with van der Waals surface area (Å²) in [4.78, 5) is 0. The van der Waals surface area contributed by atoms with E-state index in [2.05, 4.69) is 13.8 Å². The van der Waals surface area contributed by atoms with E-state index in [1.165, 1.54) is 77.0 Å². The van der Waals surface area contributed by atoms with Crippen molar-refractivity contribution in [2.24, 2.45) is 11.8 Å². The Morgan fingerprint density at radius 3 is 2.16 bits per heavy atom. The van der Waals surface area contributed by atoms with Crippen LogP contribution in [0.5, 0.6) is 0 Å². The van der Waals surface area contributed by atoms with Crippen molar-refractivity contribution < 1.29 is 5.11 Å². The molecule has 0 saturated heterocycles. The molecule has 114 valence electrons. The third-order valence-electron chi connectivity index (χ3n) is 4.93. The maximum atomic E-state index is 10.1. The predicted octanol–water partition coefficient (Wildman–Crippen LogP) is 5.70. The molecule has 19 heavy (non-hydrogen) atoms.